The lowest BCUT2D eigenvalue weighted by molar-refractivity contribution is -0.192. The lowest BCUT2D eigenvalue weighted by Gasteiger charge is -2.15. The summed E-state index contributed by atoms with van der Waals surface area (Å²) in [7, 11) is 0. The Bertz CT molecular complexity index is 715. The summed E-state index contributed by atoms with van der Waals surface area (Å²) in [4.78, 5) is 35.5. The van der Waals surface area contributed by atoms with E-state index < -0.39 is 23.7 Å². The van der Waals surface area contributed by atoms with E-state index in [0.29, 0.717) is 19.3 Å². The van der Waals surface area contributed by atoms with Crippen LogP contribution in [0.1, 0.15) is 38.5 Å². The SMILES string of the molecule is O=C(O)C(F)(F)F.O=C(O)Cn1ccnc(NCCOC2CCCCCC2)c1=O. The summed E-state index contributed by atoms with van der Waals surface area (Å²) in [6.45, 7) is 0.629. The van der Waals surface area contributed by atoms with E-state index in [1.54, 1.807) is 0 Å². The first-order valence-corrected chi connectivity index (χ1v) is 9.04. The summed E-state index contributed by atoms with van der Waals surface area (Å²) in [6, 6.07) is 0. The van der Waals surface area contributed by atoms with E-state index in [0.717, 1.165) is 17.4 Å². The molecule has 0 bridgehead atoms. The minimum absolute atomic E-state index is 0.160. The highest BCUT2D eigenvalue weighted by atomic mass is 19.4. The summed E-state index contributed by atoms with van der Waals surface area (Å²) < 4.78 is 38.7. The molecule has 1 aliphatic carbocycles. The molecule has 164 valence electrons. The molecule has 0 atom stereocenters. The van der Waals surface area contributed by atoms with Crippen LogP contribution in [0, 0.1) is 0 Å². The summed E-state index contributed by atoms with van der Waals surface area (Å²) >= 11 is 0. The number of anilines is 1. The molecule has 1 aromatic heterocycles. The van der Waals surface area contributed by atoms with Crippen molar-refractivity contribution in [2.24, 2.45) is 0 Å². The van der Waals surface area contributed by atoms with E-state index in [4.69, 9.17) is 19.7 Å². The molecule has 1 aliphatic rings. The van der Waals surface area contributed by atoms with E-state index >= 15 is 0 Å². The fourth-order valence-corrected chi connectivity index (χ4v) is 2.64. The van der Waals surface area contributed by atoms with Crippen molar-refractivity contribution in [3.05, 3.63) is 22.7 Å². The second-order valence-electron chi connectivity index (χ2n) is 6.32. The number of aromatic nitrogens is 2. The van der Waals surface area contributed by atoms with Crippen LogP contribution in [0.5, 0.6) is 0 Å². The number of ether oxygens (including phenoxy) is 1. The van der Waals surface area contributed by atoms with E-state index in [2.05, 4.69) is 10.3 Å². The first-order valence-electron chi connectivity index (χ1n) is 9.04. The van der Waals surface area contributed by atoms with Gasteiger partial charge < -0.3 is 20.3 Å². The van der Waals surface area contributed by atoms with Gasteiger partial charge in [0.25, 0.3) is 5.56 Å². The largest absolute Gasteiger partial charge is 0.490 e. The third-order valence-electron chi connectivity index (χ3n) is 4.01. The van der Waals surface area contributed by atoms with Crippen LogP contribution in [-0.4, -0.2) is 57.1 Å². The number of halogens is 3. The number of hydrogen-bond donors (Lipinski definition) is 3. The Morgan fingerprint density at radius 2 is 1.79 bits per heavy atom. The number of nitrogens with one attached hydrogen (secondary N) is 1. The molecule has 0 spiro atoms. The molecule has 0 amide bonds. The molecule has 0 aliphatic heterocycles. The fraction of sp³-hybridized carbons (Fsp3) is 0.647. The van der Waals surface area contributed by atoms with Crippen molar-refractivity contribution in [2.45, 2.75) is 57.3 Å². The van der Waals surface area contributed by atoms with Crippen molar-refractivity contribution >= 4 is 17.8 Å². The molecular weight excluding hydrogens is 399 g/mol. The Morgan fingerprint density at radius 3 is 2.31 bits per heavy atom. The molecule has 0 aromatic carbocycles. The summed E-state index contributed by atoms with van der Waals surface area (Å²) in [6.07, 6.45) is 5.24. The molecule has 29 heavy (non-hydrogen) atoms. The highest BCUT2D eigenvalue weighted by Gasteiger charge is 2.38. The van der Waals surface area contributed by atoms with Gasteiger partial charge in [-0.05, 0) is 12.8 Å². The van der Waals surface area contributed by atoms with Gasteiger partial charge in [-0.3, -0.25) is 14.2 Å². The molecule has 12 heteroatoms. The molecule has 3 N–H and O–H groups in total. The zero-order valence-electron chi connectivity index (χ0n) is 15.7. The van der Waals surface area contributed by atoms with Crippen molar-refractivity contribution in [3.8, 4) is 0 Å². The van der Waals surface area contributed by atoms with Gasteiger partial charge in [-0.15, -0.1) is 0 Å². The van der Waals surface area contributed by atoms with E-state index in [1.807, 2.05) is 0 Å². The maximum Gasteiger partial charge on any atom is 0.490 e. The first-order chi connectivity index (χ1) is 13.6. The van der Waals surface area contributed by atoms with Crippen LogP contribution < -0.4 is 10.9 Å². The molecule has 0 unspecified atom stereocenters. The lowest BCUT2D eigenvalue weighted by Crippen LogP contribution is -2.28. The molecule has 2 rings (SSSR count). The van der Waals surface area contributed by atoms with Crippen LogP contribution in [0.4, 0.5) is 19.0 Å². The van der Waals surface area contributed by atoms with Crippen molar-refractivity contribution in [2.75, 3.05) is 18.5 Å². The van der Waals surface area contributed by atoms with Gasteiger partial charge in [0.15, 0.2) is 5.82 Å². The minimum atomic E-state index is -5.08. The van der Waals surface area contributed by atoms with Crippen LogP contribution in [0.15, 0.2) is 17.2 Å². The van der Waals surface area contributed by atoms with Crippen LogP contribution in [0.3, 0.4) is 0 Å². The molecule has 1 heterocycles. The number of carbonyl (C=O) groups is 2. The number of aliphatic carboxylic acids is 2. The van der Waals surface area contributed by atoms with E-state index in [1.165, 1.54) is 38.1 Å². The number of nitrogens with zero attached hydrogens (tertiary/aromatic N) is 2. The second-order valence-corrected chi connectivity index (χ2v) is 6.32. The molecule has 1 fully saturated rings. The molecule has 1 aromatic rings. The van der Waals surface area contributed by atoms with Crippen LogP contribution in [0.2, 0.25) is 0 Å². The standard InChI is InChI=1S/C15H23N3O4.C2HF3O2/c19-13(20)11-18-9-7-16-14(15(18)21)17-8-10-22-12-5-3-1-2-4-6-12;3-2(4,5)1(6)7/h7,9,12H,1-6,8,10-11H2,(H,16,17)(H,19,20);(H,6,7). The Morgan fingerprint density at radius 1 is 1.21 bits per heavy atom. The van der Waals surface area contributed by atoms with Crippen LogP contribution >= 0.6 is 0 Å². The first kappa shape index (κ1) is 24.4. The van der Waals surface area contributed by atoms with Crippen molar-refractivity contribution < 1.29 is 37.7 Å². The Hall–Kier alpha value is -2.63. The molecule has 0 radical (unpaired) electrons. The van der Waals surface area contributed by atoms with E-state index in [-0.39, 0.29) is 12.4 Å². The monoisotopic (exact) mass is 423 g/mol. The predicted molar refractivity (Wildman–Crippen MR) is 95.8 cm³/mol. The number of rotatable bonds is 7. The van der Waals surface area contributed by atoms with Crippen molar-refractivity contribution in [3.63, 3.8) is 0 Å². The third-order valence-corrected chi connectivity index (χ3v) is 4.01. The smallest absolute Gasteiger partial charge is 0.480 e. The van der Waals surface area contributed by atoms with Gasteiger partial charge in [-0.2, -0.15) is 13.2 Å². The van der Waals surface area contributed by atoms with Crippen LogP contribution in [0.25, 0.3) is 0 Å². The van der Waals surface area contributed by atoms with Gasteiger partial charge in [0.05, 0.1) is 12.7 Å². The van der Waals surface area contributed by atoms with Gasteiger partial charge in [0, 0.05) is 18.9 Å². The highest BCUT2D eigenvalue weighted by molar-refractivity contribution is 5.73. The van der Waals surface area contributed by atoms with Gasteiger partial charge in [0.2, 0.25) is 0 Å². The molecular formula is C17H24F3N3O6. The fourth-order valence-electron chi connectivity index (χ4n) is 2.64. The minimum Gasteiger partial charge on any atom is -0.480 e. The lowest BCUT2D eigenvalue weighted by atomic mass is 10.1. The number of carboxylic acids is 2. The third kappa shape index (κ3) is 9.92. The summed E-state index contributed by atoms with van der Waals surface area (Å²) in [5, 5.41) is 18.8. The maximum atomic E-state index is 12.0. The van der Waals surface area contributed by atoms with Gasteiger partial charge in [-0.1, -0.05) is 25.7 Å². The predicted octanol–water partition coefficient (Wildman–Crippen LogP) is 2.11. The summed E-state index contributed by atoms with van der Waals surface area (Å²) in [5.74, 6) is -3.66. The van der Waals surface area contributed by atoms with Crippen LogP contribution in [-0.2, 0) is 20.9 Å². The zero-order valence-corrected chi connectivity index (χ0v) is 15.7. The molecule has 9 nitrogen and oxygen atoms in total. The summed E-state index contributed by atoms with van der Waals surface area (Å²) in [5.41, 5.74) is -0.431. The Balaban J connectivity index is 0.000000516. The van der Waals surface area contributed by atoms with Crippen molar-refractivity contribution in [1.82, 2.24) is 9.55 Å². The average Bonchev–Trinajstić information content (AvgIpc) is 2.90. The molecule has 0 saturated heterocycles. The quantitative estimate of drug-likeness (QED) is 0.449. The van der Waals surface area contributed by atoms with E-state index in [9.17, 15) is 22.8 Å². The number of carboxylic acid groups (broad SMARTS) is 2. The Kier molecular flexibility index (Phi) is 10.1. The normalized spacial score (nSPS) is 15.0. The van der Waals surface area contributed by atoms with Gasteiger partial charge >= 0.3 is 18.1 Å². The van der Waals surface area contributed by atoms with Gasteiger partial charge in [-0.25, -0.2) is 9.78 Å². The molecule has 1 saturated carbocycles. The number of alkyl halides is 3. The maximum absolute atomic E-state index is 12.0. The average molecular weight is 423 g/mol. The highest BCUT2D eigenvalue weighted by Crippen LogP contribution is 2.19. The second kappa shape index (κ2) is 12.0. The Labute approximate surface area is 164 Å². The van der Waals surface area contributed by atoms with Gasteiger partial charge in [0.1, 0.15) is 6.54 Å². The topological polar surface area (TPSA) is 131 Å². The number of hydrogen-bond acceptors (Lipinski definition) is 6. The zero-order chi connectivity index (χ0) is 21.9. The van der Waals surface area contributed by atoms with Crippen molar-refractivity contribution in [1.29, 1.82) is 0 Å².